The number of carbonyl (C=O) groups is 1. The van der Waals surface area contributed by atoms with Crippen LogP contribution in [0.1, 0.15) is 17.5 Å². The number of Topliss-reactive ketones (excluding diaryl/α,β-unsaturated/α-hetero) is 1. The SMILES string of the molecule is CC(=O)c1nnc(NN)c(-c2ccccc2)n1. The molecule has 0 fully saturated rings. The third-order valence-electron chi connectivity index (χ3n) is 2.19. The highest BCUT2D eigenvalue weighted by molar-refractivity contribution is 5.91. The fourth-order valence-corrected chi connectivity index (χ4v) is 1.37. The molecule has 86 valence electrons. The van der Waals surface area contributed by atoms with Gasteiger partial charge in [0.1, 0.15) is 5.69 Å². The van der Waals surface area contributed by atoms with E-state index < -0.39 is 0 Å². The molecule has 0 atom stereocenters. The second-order valence-corrected chi connectivity index (χ2v) is 3.40. The van der Waals surface area contributed by atoms with Crippen molar-refractivity contribution in [3.05, 3.63) is 36.2 Å². The Bertz CT molecular complexity index is 541. The first-order chi connectivity index (χ1) is 8.22. The first-order valence-electron chi connectivity index (χ1n) is 5.00. The summed E-state index contributed by atoms with van der Waals surface area (Å²) < 4.78 is 0. The second-order valence-electron chi connectivity index (χ2n) is 3.40. The summed E-state index contributed by atoms with van der Waals surface area (Å²) in [7, 11) is 0. The van der Waals surface area contributed by atoms with E-state index in [4.69, 9.17) is 5.84 Å². The van der Waals surface area contributed by atoms with Gasteiger partial charge >= 0.3 is 0 Å². The van der Waals surface area contributed by atoms with E-state index in [1.165, 1.54) is 6.92 Å². The zero-order chi connectivity index (χ0) is 12.3. The normalized spacial score (nSPS) is 10.0. The van der Waals surface area contributed by atoms with Crippen LogP contribution in [0.15, 0.2) is 30.3 Å². The van der Waals surface area contributed by atoms with E-state index >= 15 is 0 Å². The summed E-state index contributed by atoms with van der Waals surface area (Å²) in [6.45, 7) is 1.39. The van der Waals surface area contributed by atoms with Gasteiger partial charge in [0.2, 0.25) is 5.82 Å². The molecule has 0 radical (unpaired) electrons. The van der Waals surface area contributed by atoms with Gasteiger partial charge in [-0.25, -0.2) is 10.8 Å². The minimum absolute atomic E-state index is 0.0721. The third kappa shape index (κ3) is 2.26. The number of nitrogens with zero attached hydrogens (tertiary/aromatic N) is 3. The number of carbonyl (C=O) groups excluding carboxylic acids is 1. The molecule has 0 unspecified atom stereocenters. The summed E-state index contributed by atoms with van der Waals surface area (Å²) in [6.07, 6.45) is 0. The second kappa shape index (κ2) is 4.67. The smallest absolute Gasteiger partial charge is 0.218 e. The van der Waals surface area contributed by atoms with Gasteiger partial charge in [0.05, 0.1) is 0 Å². The molecule has 0 bridgehead atoms. The lowest BCUT2D eigenvalue weighted by atomic mass is 10.1. The first kappa shape index (κ1) is 11.2. The molecule has 0 saturated heterocycles. The Morgan fingerprint density at radius 2 is 1.94 bits per heavy atom. The number of nitrogens with one attached hydrogen (secondary N) is 1. The Morgan fingerprint density at radius 3 is 2.53 bits per heavy atom. The summed E-state index contributed by atoms with van der Waals surface area (Å²) in [4.78, 5) is 15.4. The molecular weight excluding hydrogens is 218 g/mol. The van der Waals surface area contributed by atoms with Crippen molar-refractivity contribution in [1.82, 2.24) is 15.2 Å². The lowest BCUT2D eigenvalue weighted by Crippen LogP contribution is -2.14. The number of rotatable bonds is 3. The number of hydrogen-bond donors (Lipinski definition) is 2. The lowest BCUT2D eigenvalue weighted by Gasteiger charge is -2.06. The molecule has 2 aromatic rings. The molecule has 17 heavy (non-hydrogen) atoms. The van der Waals surface area contributed by atoms with Crippen molar-refractivity contribution in [3.63, 3.8) is 0 Å². The average molecular weight is 229 g/mol. The maximum absolute atomic E-state index is 11.2. The van der Waals surface area contributed by atoms with Crippen LogP contribution in [0.25, 0.3) is 11.3 Å². The van der Waals surface area contributed by atoms with Crippen molar-refractivity contribution >= 4 is 11.6 Å². The predicted molar refractivity (Wildman–Crippen MR) is 63.1 cm³/mol. The fraction of sp³-hybridized carbons (Fsp3) is 0.0909. The molecule has 0 spiro atoms. The van der Waals surface area contributed by atoms with E-state index in [9.17, 15) is 4.79 Å². The van der Waals surface area contributed by atoms with Crippen LogP contribution < -0.4 is 11.3 Å². The van der Waals surface area contributed by atoms with Gasteiger partial charge in [-0.15, -0.1) is 10.2 Å². The molecule has 1 heterocycles. The van der Waals surface area contributed by atoms with Crippen LogP contribution in [0.5, 0.6) is 0 Å². The zero-order valence-electron chi connectivity index (χ0n) is 9.21. The average Bonchev–Trinajstić information content (AvgIpc) is 2.39. The Hall–Kier alpha value is -2.34. The van der Waals surface area contributed by atoms with E-state index in [2.05, 4.69) is 20.6 Å². The first-order valence-corrected chi connectivity index (χ1v) is 5.00. The molecule has 0 aliphatic carbocycles. The Kier molecular flexibility index (Phi) is 3.06. The highest BCUT2D eigenvalue weighted by Crippen LogP contribution is 2.22. The molecule has 6 heteroatoms. The fourth-order valence-electron chi connectivity index (χ4n) is 1.37. The van der Waals surface area contributed by atoms with Crippen LogP contribution in [0.2, 0.25) is 0 Å². The number of benzene rings is 1. The number of nitrogen functional groups attached to an aromatic ring is 1. The van der Waals surface area contributed by atoms with Crippen molar-refractivity contribution in [1.29, 1.82) is 0 Å². The molecule has 0 saturated carbocycles. The molecule has 1 aromatic heterocycles. The highest BCUT2D eigenvalue weighted by atomic mass is 16.1. The van der Waals surface area contributed by atoms with E-state index in [1.807, 2.05) is 30.3 Å². The number of ketones is 1. The maximum Gasteiger partial charge on any atom is 0.218 e. The molecule has 1 aromatic carbocycles. The summed E-state index contributed by atoms with van der Waals surface area (Å²) in [5.74, 6) is 5.51. The maximum atomic E-state index is 11.2. The van der Waals surface area contributed by atoms with Crippen LogP contribution in [0.3, 0.4) is 0 Å². The standard InChI is InChI=1S/C11H11N5O/c1-7(17)10-13-9(11(14-12)16-15-10)8-5-3-2-4-6-8/h2-6H,12H2,1H3,(H,14,16). The van der Waals surface area contributed by atoms with Crippen molar-refractivity contribution in [2.75, 3.05) is 5.43 Å². The lowest BCUT2D eigenvalue weighted by molar-refractivity contribution is 0.100. The summed E-state index contributed by atoms with van der Waals surface area (Å²) in [5, 5.41) is 7.51. The van der Waals surface area contributed by atoms with Gasteiger partial charge in [-0.3, -0.25) is 4.79 Å². The number of hydrazine groups is 1. The van der Waals surface area contributed by atoms with Gasteiger partial charge in [-0.1, -0.05) is 30.3 Å². The van der Waals surface area contributed by atoms with Crippen molar-refractivity contribution in [2.45, 2.75) is 6.92 Å². The predicted octanol–water partition coefficient (Wildman–Crippen LogP) is 1.03. The van der Waals surface area contributed by atoms with E-state index in [0.29, 0.717) is 11.5 Å². The molecule has 3 N–H and O–H groups in total. The number of aromatic nitrogens is 3. The highest BCUT2D eigenvalue weighted by Gasteiger charge is 2.12. The number of anilines is 1. The third-order valence-corrected chi connectivity index (χ3v) is 2.19. The Labute approximate surface area is 97.9 Å². The summed E-state index contributed by atoms with van der Waals surface area (Å²) in [6, 6.07) is 9.33. The molecule has 0 aliphatic heterocycles. The van der Waals surface area contributed by atoms with Crippen molar-refractivity contribution in [3.8, 4) is 11.3 Å². The Morgan fingerprint density at radius 1 is 1.24 bits per heavy atom. The summed E-state index contributed by atoms with van der Waals surface area (Å²) >= 11 is 0. The van der Waals surface area contributed by atoms with E-state index in [-0.39, 0.29) is 11.6 Å². The minimum Gasteiger partial charge on any atom is -0.305 e. The van der Waals surface area contributed by atoms with Gasteiger partial charge in [-0.05, 0) is 0 Å². The van der Waals surface area contributed by atoms with Crippen LogP contribution in [0.4, 0.5) is 5.82 Å². The van der Waals surface area contributed by atoms with E-state index in [1.54, 1.807) is 0 Å². The summed E-state index contributed by atoms with van der Waals surface area (Å²) in [5.41, 5.74) is 3.74. The van der Waals surface area contributed by atoms with Crippen LogP contribution >= 0.6 is 0 Å². The molecule has 0 amide bonds. The number of nitrogens with two attached hydrogens (primary N) is 1. The van der Waals surface area contributed by atoms with E-state index in [0.717, 1.165) is 5.56 Å². The van der Waals surface area contributed by atoms with Gasteiger partial charge < -0.3 is 5.43 Å². The van der Waals surface area contributed by atoms with Crippen molar-refractivity contribution in [2.24, 2.45) is 5.84 Å². The van der Waals surface area contributed by atoms with Crippen LogP contribution in [-0.2, 0) is 0 Å². The van der Waals surface area contributed by atoms with Crippen LogP contribution in [0, 0.1) is 0 Å². The van der Waals surface area contributed by atoms with Gasteiger partial charge in [-0.2, -0.15) is 0 Å². The monoisotopic (exact) mass is 229 g/mol. The molecule has 6 nitrogen and oxygen atoms in total. The topological polar surface area (TPSA) is 93.8 Å². The minimum atomic E-state index is -0.238. The molecular formula is C11H11N5O. The molecule has 2 rings (SSSR count). The number of hydrogen-bond acceptors (Lipinski definition) is 6. The Balaban J connectivity index is 2.58. The quantitative estimate of drug-likeness (QED) is 0.463. The molecule has 0 aliphatic rings. The zero-order valence-corrected chi connectivity index (χ0v) is 9.21. The van der Waals surface area contributed by atoms with Gasteiger partial charge in [0.25, 0.3) is 0 Å². The van der Waals surface area contributed by atoms with Crippen molar-refractivity contribution < 1.29 is 4.79 Å². The van der Waals surface area contributed by atoms with Gasteiger partial charge in [0, 0.05) is 12.5 Å². The largest absolute Gasteiger partial charge is 0.305 e. The van der Waals surface area contributed by atoms with Gasteiger partial charge in [0.15, 0.2) is 11.6 Å². The van der Waals surface area contributed by atoms with Crippen LogP contribution in [-0.4, -0.2) is 21.0 Å².